The monoisotopic (exact) mass is 324 g/mol. The third-order valence-corrected chi connectivity index (χ3v) is 3.89. The topological polar surface area (TPSA) is 78.9 Å². The molecule has 2 unspecified atom stereocenters. The van der Waals surface area contributed by atoms with Crippen molar-refractivity contribution in [3.05, 3.63) is 35.1 Å². The fraction of sp³-hybridized carbons (Fsp3) is 0.500. The minimum atomic E-state index is -0.952. The predicted octanol–water partition coefficient (Wildman–Crippen LogP) is 1.94. The van der Waals surface area contributed by atoms with Crippen molar-refractivity contribution in [1.82, 2.24) is 10.2 Å². The number of aliphatic carboxylic acids is 1. The molecule has 2 rings (SSSR count). The van der Waals surface area contributed by atoms with Crippen molar-refractivity contribution >= 4 is 12.0 Å². The summed E-state index contributed by atoms with van der Waals surface area (Å²) < 4.78 is 19.0. The van der Waals surface area contributed by atoms with Crippen LogP contribution >= 0.6 is 0 Å². The Hall–Kier alpha value is -2.15. The first kappa shape index (κ1) is 17.2. The summed E-state index contributed by atoms with van der Waals surface area (Å²) in [5, 5.41) is 11.4. The fourth-order valence-corrected chi connectivity index (χ4v) is 2.34. The van der Waals surface area contributed by atoms with Crippen LogP contribution in [0.15, 0.2) is 18.2 Å². The summed E-state index contributed by atoms with van der Waals surface area (Å²) in [4.78, 5) is 24.5. The molecule has 23 heavy (non-hydrogen) atoms. The maximum absolute atomic E-state index is 13.3. The van der Waals surface area contributed by atoms with E-state index in [9.17, 15) is 14.0 Å². The number of benzene rings is 1. The second-order valence-electron chi connectivity index (χ2n) is 5.74. The van der Waals surface area contributed by atoms with Crippen molar-refractivity contribution in [2.24, 2.45) is 5.92 Å². The zero-order valence-corrected chi connectivity index (χ0v) is 13.2. The number of amides is 2. The summed E-state index contributed by atoms with van der Waals surface area (Å²) in [5.41, 5.74) is 1.35. The number of aryl methyl sites for hydroxylation is 1. The molecule has 0 aliphatic carbocycles. The van der Waals surface area contributed by atoms with E-state index < -0.39 is 11.9 Å². The van der Waals surface area contributed by atoms with Crippen LogP contribution in [0, 0.1) is 18.7 Å². The summed E-state index contributed by atoms with van der Waals surface area (Å²) >= 11 is 0. The molecule has 1 aromatic rings. The van der Waals surface area contributed by atoms with Gasteiger partial charge < -0.3 is 20.1 Å². The van der Waals surface area contributed by atoms with Gasteiger partial charge in [-0.05, 0) is 24.1 Å². The lowest BCUT2D eigenvalue weighted by Gasteiger charge is -2.33. The molecule has 126 valence electrons. The number of morpholine rings is 1. The number of hydrogen-bond donors (Lipinski definition) is 2. The maximum atomic E-state index is 13.3. The van der Waals surface area contributed by atoms with E-state index in [0.717, 1.165) is 5.56 Å². The lowest BCUT2D eigenvalue weighted by Crippen LogP contribution is -2.48. The molecular weight excluding hydrogens is 303 g/mol. The van der Waals surface area contributed by atoms with Crippen molar-refractivity contribution in [3.63, 3.8) is 0 Å². The molecule has 2 amide bonds. The molecule has 1 heterocycles. The van der Waals surface area contributed by atoms with Crippen molar-refractivity contribution in [2.75, 3.05) is 26.2 Å². The molecule has 0 bridgehead atoms. The van der Waals surface area contributed by atoms with Crippen LogP contribution in [0.3, 0.4) is 0 Å². The van der Waals surface area contributed by atoms with Gasteiger partial charge in [-0.25, -0.2) is 9.18 Å². The summed E-state index contributed by atoms with van der Waals surface area (Å²) in [5.74, 6) is -1.87. The van der Waals surface area contributed by atoms with E-state index >= 15 is 0 Å². The second-order valence-corrected chi connectivity index (χ2v) is 5.74. The fourth-order valence-electron chi connectivity index (χ4n) is 2.34. The molecule has 1 aliphatic heterocycles. The first-order valence-corrected chi connectivity index (χ1v) is 7.51. The Morgan fingerprint density at radius 3 is 2.91 bits per heavy atom. The average molecular weight is 324 g/mol. The van der Waals surface area contributed by atoms with E-state index in [1.165, 1.54) is 13.0 Å². The number of hydrogen-bond acceptors (Lipinski definition) is 3. The van der Waals surface area contributed by atoms with Crippen LogP contribution in [0.5, 0.6) is 0 Å². The van der Waals surface area contributed by atoms with Gasteiger partial charge in [-0.3, -0.25) is 4.79 Å². The van der Waals surface area contributed by atoms with E-state index in [-0.39, 0.29) is 24.5 Å². The van der Waals surface area contributed by atoms with Gasteiger partial charge in [0.25, 0.3) is 0 Å². The van der Waals surface area contributed by atoms with E-state index in [1.807, 2.05) is 0 Å². The Morgan fingerprint density at radius 2 is 2.26 bits per heavy atom. The summed E-state index contributed by atoms with van der Waals surface area (Å²) in [7, 11) is 0. The molecule has 1 aromatic carbocycles. The molecule has 0 saturated carbocycles. The van der Waals surface area contributed by atoms with Gasteiger partial charge in [0.05, 0.1) is 19.1 Å². The number of carboxylic acids is 1. The number of carboxylic acid groups (broad SMARTS) is 1. The molecule has 2 atom stereocenters. The van der Waals surface area contributed by atoms with Crippen LogP contribution in [0.2, 0.25) is 0 Å². The van der Waals surface area contributed by atoms with Gasteiger partial charge in [0.1, 0.15) is 11.9 Å². The highest BCUT2D eigenvalue weighted by Crippen LogP contribution is 2.24. The normalized spacial score (nSPS) is 19.3. The molecule has 1 fully saturated rings. The highest BCUT2D eigenvalue weighted by Gasteiger charge is 2.26. The van der Waals surface area contributed by atoms with E-state index in [0.29, 0.717) is 25.3 Å². The van der Waals surface area contributed by atoms with Crippen molar-refractivity contribution in [1.29, 1.82) is 0 Å². The molecule has 7 heteroatoms. The Morgan fingerprint density at radius 1 is 1.52 bits per heavy atom. The number of halogens is 1. The smallest absolute Gasteiger partial charge is 0.317 e. The lowest BCUT2D eigenvalue weighted by atomic mass is 10.0. The van der Waals surface area contributed by atoms with Crippen LogP contribution in [0.4, 0.5) is 9.18 Å². The van der Waals surface area contributed by atoms with Gasteiger partial charge in [-0.1, -0.05) is 19.1 Å². The lowest BCUT2D eigenvalue weighted by molar-refractivity contribution is -0.140. The summed E-state index contributed by atoms with van der Waals surface area (Å²) in [6.45, 7) is 4.45. The van der Waals surface area contributed by atoms with Crippen molar-refractivity contribution in [3.8, 4) is 0 Å². The zero-order chi connectivity index (χ0) is 17.0. The second kappa shape index (κ2) is 7.41. The van der Waals surface area contributed by atoms with Gasteiger partial charge in [0.2, 0.25) is 0 Å². The molecule has 6 nitrogen and oxygen atoms in total. The number of rotatable bonds is 4. The Bertz CT molecular complexity index is 593. The molecular formula is C16H21FN2O4. The number of nitrogens with zero attached hydrogens (tertiary/aromatic N) is 1. The highest BCUT2D eigenvalue weighted by molar-refractivity contribution is 5.76. The first-order valence-electron chi connectivity index (χ1n) is 7.51. The zero-order valence-electron chi connectivity index (χ0n) is 13.2. The van der Waals surface area contributed by atoms with Gasteiger partial charge in [0, 0.05) is 13.1 Å². The van der Waals surface area contributed by atoms with Crippen molar-refractivity contribution in [2.45, 2.75) is 20.0 Å². The number of carbonyl (C=O) groups excluding carboxylic acids is 1. The molecule has 2 N–H and O–H groups in total. The molecule has 0 aromatic heterocycles. The quantitative estimate of drug-likeness (QED) is 0.887. The number of ether oxygens (including phenoxy) is 1. The largest absolute Gasteiger partial charge is 0.481 e. The minimum Gasteiger partial charge on any atom is -0.481 e. The summed E-state index contributed by atoms with van der Waals surface area (Å²) in [6.07, 6.45) is -0.314. The molecule has 0 radical (unpaired) electrons. The predicted molar refractivity (Wildman–Crippen MR) is 81.6 cm³/mol. The van der Waals surface area contributed by atoms with Crippen LogP contribution < -0.4 is 5.32 Å². The van der Waals surface area contributed by atoms with E-state index in [2.05, 4.69) is 5.32 Å². The highest BCUT2D eigenvalue weighted by atomic mass is 19.1. The average Bonchev–Trinajstić information content (AvgIpc) is 2.54. The molecule has 1 aliphatic rings. The van der Waals surface area contributed by atoms with Gasteiger partial charge in [0.15, 0.2) is 0 Å². The third kappa shape index (κ3) is 4.41. The van der Waals surface area contributed by atoms with Gasteiger partial charge in [-0.15, -0.1) is 0 Å². The standard InChI is InChI=1S/C16H21FN2O4/c1-10-7-12(3-4-13(10)17)14-9-19(5-6-23-14)16(22)18-8-11(2)15(20)21/h3-4,7,11,14H,5-6,8-9H2,1-2H3,(H,18,22)(H,20,21). The van der Waals surface area contributed by atoms with Gasteiger partial charge >= 0.3 is 12.0 Å². The van der Waals surface area contributed by atoms with Crippen LogP contribution in [-0.4, -0.2) is 48.2 Å². The van der Waals surface area contributed by atoms with Crippen LogP contribution in [0.25, 0.3) is 0 Å². The number of carbonyl (C=O) groups is 2. The molecule has 0 spiro atoms. The Labute approximate surface area is 134 Å². The maximum Gasteiger partial charge on any atom is 0.317 e. The Kier molecular flexibility index (Phi) is 5.54. The third-order valence-electron chi connectivity index (χ3n) is 3.89. The first-order chi connectivity index (χ1) is 10.9. The number of urea groups is 1. The van der Waals surface area contributed by atoms with Crippen molar-refractivity contribution < 1.29 is 23.8 Å². The molecule has 1 saturated heterocycles. The number of nitrogens with one attached hydrogen (secondary N) is 1. The van der Waals surface area contributed by atoms with Crippen LogP contribution in [-0.2, 0) is 9.53 Å². The van der Waals surface area contributed by atoms with E-state index in [4.69, 9.17) is 9.84 Å². The van der Waals surface area contributed by atoms with Crippen LogP contribution in [0.1, 0.15) is 24.2 Å². The van der Waals surface area contributed by atoms with E-state index in [1.54, 1.807) is 24.0 Å². The Balaban J connectivity index is 1.96. The van der Waals surface area contributed by atoms with Gasteiger partial charge in [-0.2, -0.15) is 0 Å². The summed E-state index contributed by atoms with van der Waals surface area (Å²) in [6, 6.07) is 4.45. The minimum absolute atomic E-state index is 0.0752. The SMILES string of the molecule is Cc1cc(C2CN(C(=O)NCC(C)C(=O)O)CCO2)ccc1F.